The number of likely N-dealkylation sites (tertiary alicyclic amines) is 1. The first-order chi connectivity index (χ1) is 13.4. The number of nitrogens with zero attached hydrogens (tertiary/aromatic N) is 1. The van der Waals surface area contributed by atoms with Gasteiger partial charge in [-0.15, -0.1) is 0 Å². The number of aliphatic hydroxyl groups is 1. The minimum atomic E-state index is -0.415. The van der Waals surface area contributed by atoms with Crippen LogP contribution in [0.3, 0.4) is 0 Å². The van der Waals surface area contributed by atoms with E-state index in [0.29, 0.717) is 22.6 Å². The van der Waals surface area contributed by atoms with E-state index in [9.17, 15) is 20.1 Å². The van der Waals surface area contributed by atoms with Crippen LogP contribution in [0.1, 0.15) is 17.9 Å². The fourth-order valence-electron chi connectivity index (χ4n) is 4.08. The number of hydrogen-bond acceptors (Lipinski definition) is 6. The number of aliphatic hydroxyl groups excluding tert-OH is 1. The molecule has 0 spiro atoms. The number of fused-ring (bicyclic) bond motifs is 1. The summed E-state index contributed by atoms with van der Waals surface area (Å²) in [6.45, 7) is 0.636. The van der Waals surface area contributed by atoms with Crippen LogP contribution in [0.5, 0.6) is 11.5 Å². The number of benzene rings is 2. The van der Waals surface area contributed by atoms with E-state index >= 15 is 0 Å². The minimum absolute atomic E-state index is 0.0184. The third-order valence-corrected chi connectivity index (χ3v) is 5.72. The molecular weight excluding hydrogens is 382 g/mol. The lowest BCUT2D eigenvalue weighted by molar-refractivity contribution is 0.172. The highest BCUT2D eigenvalue weighted by Crippen LogP contribution is 2.44. The zero-order valence-electron chi connectivity index (χ0n) is 15.2. The van der Waals surface area contributed by atoms with E-state index in [2.05, 4.69) is 0 Å². The molecule has 0 amide bonds. The molecular formula is C21H20ClNO5. The summed E-state index contributed by atoms with van der Waals surface area (Å²) in [5, 5.41) is 31.2. The Morgan fingerprint density at radius 2 is 2.00 bits per heavy atom. The van der Waals surface area contributed by atoms with Crippen molar-refractivity contribution in [3.8, 4) is 22.8 Å². The molecule has 3 aromatic rings. The van der Waals surface area contributed by atoms with E-state index in [1.54, 1.807) is 24.3 Å². The maximum atomic E-state index is 12.8. The molecule has 1 aliphatic heterocycles. The van der Waals surface area contributed by atoms with E-state index < -0.39 is 5.43 Å². The molecule has 0 unspecified atom stereocenters. The van der Waals surface area contributed by atoms with E-state index in [4.69, 9.17) is 16.0 Å². The van der Waals surface area contributed by atoms with Crippen molar-refractivity contribution in [2.24, 2.45) is 0 Å². The topological polar surface area (TPSA) is 94.1 Å². The van der Waals surface area contributed by atoms with Gasteiger partial charge in [0, 0.05) is 40.2 Å². The molecule has 0 saturated carbocycles. The van der Waals surface area contributed by atoms with Crippen LogP contribution in [0, 0.1) is 0 Å². The highest BCUT2D eigenvalue weighted by molar-refractivity contribution is 6.30. The Morgan fingerprint density at radius 3 is 2.71 bits per heavy atom. The smallest absolute Gasteiger partial charge is 0.197 e. The van der Waals surface area contributed by atoms with Gasteiger partial charge in [0.1, 0.15) is 28.2 Å². The van der Waals surface area contributed by atoms with E-state index in [1.165, 1.54) is 12.1 Å². The lowest BCUT2D eigenvalue weighted by Crippen LogP contribution is -2.32. The van der Waals surface area contributed by atoms with Gasteiger partial charge in [0.15, 0.2) is 5.43 Å². The molecule has 1 aromatic heterocycles. The first-order valence-corrected chi connectivity index (χ1v) is 9.38. The van der Waals surface area contributed by atoms with Crippen LogP contribution >= 0.6 is 11.6 Å². The van der Waals surface area contributed by atoms with Crippen LogP contribution in [-0.2, 0) is 0 Å². The maximum Gasteiger partial charge on any atom is 0.197 e. The van der Waals surface area contributed by atoms with Crippen LogP contribution in [-0.4, -0.2) is 46.5 Å². The molecule has 0 radical (unpaired) electrons. The third-order valence-electron chi connectivity index (χ3n) is 5.49. The van der Waals surface area contributed by atoms with Crippen LogP contribution in [0.2, 0.25) is 5.02 Å². The molecule has 1 saturated heterocycles. The summed E-state index contributed by atoms with van der Waals surface area (Å²) < 4.78 is 6.04. The monoisotopic (exact) mass is 401 g/mol. The number of likely N-dealkylation sites (N-methyl/N-ethyl adjacent to an activating group) is 1. The van der Waals surface area contributed by atoms with Crippen LogP contribution in [0.25, 0.3) is 22.3 Å². The fraction of sp³-hybridized carbons (Fsp3) is 0.286. The Balaban J connectivity index is 2.01. The van der Waals surface area contributed by atoms with Crippen molar-refractivity contribution in [2.75, 3.05) is 20.2 Å². The van der Waals surface area contributed by atoms with Gasteiger partial charge in [0.2, 0.25) is 0 Å². The van der Waals surface area contributed by atoms with Crippen molar-refractivity contribution in [1.29, 1.82) is 0 Å². The highest BCUT2D eigenvalue weighted by atomic mass is 35.5. The molecule has 1 aliphatic rings. The van der Waals surface area contributed by atoms with Gasteiger partial charge in [-0.05, 0) is 32.1 Å². The normalized spacial score (nSPS) is 20.1. The van der Waals surface area contributed by atoms with E-state index in [1.807, 2.05) is 11.9 Å². The quantitative estimate of drug-likeness (QED) is 0.623. The molecule has 7 heteroatoms. The van der Waals surface area contributed by atoms with Gasteiger partial charge in [0.05, 0.1) is 6.61 Å². The second-order valence-electron chi connectivity index (χ2n) is 7.14. The lowest BCUT2D eigenvalue weighted by atomic mass is 9.89. The number of hydrogen-bond donors (Lipinski definition) is 3. The van der Waals surface area contributed by atoms with Crippen LogP contribution < -0.4 is 5.43 Å². The second-order valence-corrected chi connectivity index (χ2v) is 7.58. The van der Waals surface area contributed by atoms with Crippen molar-refractivity contribution < 1.29 is 19.7 Å². The Hall–Kier alpha value is -2.54. The molecule has 2 heterocycles. The molecule has 0 aliphatic carbocycles. The maximum absolute atomic E-state index is 12.8. The summed E-state index contributed by atoms with van der Waals surface area (Å²) in [5.41, 5.74) is 0.764. The molecule has 1 fully saturated rings. The third kappa shape index (κ3) is 3.03. The fourth-order valence-corrected chi connectivity index (χ4v) is 4.27. The summed E-state index contributed by atoms with van der Waals surface area (Å²) in [6.07, 6.45) is 0.681. The SMILES string of the molecule is CN1CC[C@H](c2c(O)cc(O)c3c(=O)cc(-c4cccc(Cl)c4)oc23)[C@H]1CO. The van der Waals surface area contributed by atoms with Crippen molar-refractivity contribution >= 4 is 22.6 Å². The predicted molar refractivity (Wildman–Crippen MR) is 107 cm³/mol. The minimum Gasteiger partial charge on any atom is -0.507 e. The first kappa shape index (κ1) is 18.8. The van der Waals surface area contributed by atoms with Gasteiger partial charge in [0.25, 0.3) is 0 Å². The number of rotatable bonds is 3. The first-order valence-electron chi connectivity index (χ1n) is 9.00. The van der Waals surface area contributed by atoms with Crippen molar-refractivity contribution in [3.05, 3.63) is 57.2 Å². The number of halogens is 1. The summed E-state index contributed by atoms with van der Waals surface area (Å²) in [7, 11) is 1.90. The Bertz CT molecular complexity index is 1110. The Kier molecular flexibility index (Phi) is 4.79. The molecule has 2 aromatic carbocycles. The molecule has 146 valence electrons. The number of phenolic OH excluding ortho intramolecular Hbond substituents is 2. The van der Waals surface area contributed by atoms with Gasteiger partial charge in [-0.3, -0.25) is 4.79 Å². The van der Waals surface area contributed by atoms with Gasteiger partial charge in [-0.2, -0.15) is 0 Å². The molecule has 6 nitrogen and oxygen atoms in total. The molecule has 3 N–H and O–H groups in total. The second kappa shape index (κ2) is 7.13. The van der Waals surface area contributed by atoms with Crippen molar-refractivity contribution in [2.45, 2.75) is 18.4 Å². The molecule has 0 bridgehead atoms. The predicted octanol–water partition coefficient (Wildman–Crippen LogP) is 3.30. The molecule has 28 heavy (non-hydrogen) atoms. The standard InChI is InChI=1S/C21H20ClNO5/c1-23-6-5-13(14(23)10-24)19-15(25)8-16(26)20-17(27)9-18(28-21(19)20)11-3-2-4-12(22)7-11/h2-4,7-9,13-14,24-26H,5-6,10H2,1H3/t13-,14+/m0/s1. The molecule has 4 rings (SSSR count). The summed E-state index contributed by atoms with van der Waals surface area (Å²) >= 11 is 6.06. The zero-order chi connectivity index (χ0) is 20.0. The number of phenols is 2. The number of aromatic hydroxyl groups is 2. The summed E-state index contributed by atoms with van der Waals surface area (Å²) in [4.78, 5) is 14.8. The Morgan fingerprint density at radius 1 is 1.21 bits per heavy atom. The molecule has 2 atom stereocenters. The highest BCUT2D eigenvalue weighted by Gasteiger charge is 2.36. The summed E-state index contributed by atoms with van der Waals surface area (Å²) in [5.74, 6) is -0.446. The van der Waals surface area contributed by atoms with Crippen LogP contribution in [0.4, 0.5) is 0 Å². The van der Waals surface area contributed by atoms with E-state index in [-0.39, 0.29) is 46.8 Å². The van der Waals surface area contributed by atoms with Crippen molar-refractivity contribution in [1.82, 2.24) is 4.90 Å². The van der Waals surface area contributed by atoms with Crippen LogP contribution in [0.15, 0.2) is 45.6 Å². The van der Waals surface area contributed by atoms with Gasteiger partial charge in [-0.1, -0.05) is 23.7 Å². The van der Waals surface area contributed by atoms with E-state index in [0.717, 1.165) is 6.54 Å². The largest absolute Gasteiger partial charge is 0.507 e. The summed E-state index contributed by atoms with van der Waals surface area (Å²) in [6, 6.07) is 9.15. The zero-order valence-corrected chi connectivity index (χ0v) is 16.0. The van der Waals surface area contributed by atoms with Gasteiger partial charge < -0.3 is 24.6 Å². The lowest BCUT2D eigenvalue weighted by Gasteiger charge is -2.24. The van der Waals surface area contributed by atoms with Gasteiger partial charge >= 0.3 is 0 Å². The average molecular weight is 402 g/mol. The average Bonchev–Trinajstić information content (AvgIpc) is 3.01. The van der Waals surface area contributed by atoms with Crippen molar-refractivity contribution in [3.63, 3.8) is 0 Å². The Labute approximate surface area is 166 Å². The van der Waals surface area contributed by atoms with Gasteiger partial charge in [-0.25, -0.2) is 0 Å².